The normalized spacial score (nSPS) is 12.9. The van der Waals surface area contributed by atoms with Gasteiger partial charge in [-0.15, -0.1) is 0 Å². The molecule has 2 aliphatic rings. The minimum absolute atomic E-state index is 0.0325. The van der Waals surface area contributed by atoms with Gasteiger partial charge in [-0.25, -0.2) is 0 Å². The quantitative estimate of drug-likeness (QED) is 0.215. The Hall–Kier alpha value is -4.01. The first kappa shape index (κ1) is 35.8. The van der Waals surface area contributed by atoms with E-state index in [2.05, 4.69) is 54.6 Å². The minimum atomic E-state index is -0.839. The summed E-state index contributed by atoms with van der Waals surface area (Å²) in [6.07, 6.45) is 2.01. The molecule has 0 aliphatic carbocycles. The third-order valence-electron chi connectivity index (χ3n) is 8.55. The smallest absolute Gasteiger partial charge is 0.307 e. The lowest BCUT2D eigenvalue weighted by molar-refractivity contribution is -0.136. The predicted molar refractivity (Wildman–Crippen MR) is 196 cm³/mol. The van der Waals surface area contributed by atoms with Crippen LogP contribution in [0, 0.1) is 20.8 Å². The van der Waals surface area contributed by atoms with Crippen molar-refractivity contribution in [2.24, 2.45) is 0 Å². The molecule has 3 heterocycles. The molecule has 7 nitrogen and oxygen atoms in total. The molecule has 4 aromatic rings. The van der Waals surface area contributed by atoms with Crippen LogP contribution >= 0.6 is 11.9 Å². The number of aliphatic carboxylic acids is 1. The average molecular weight is 657 g/mol. The number of aryl methyl sites for hydroxylation is 1. The van der Waals surface area contributed by atoms with Crippen LogP contribution in [-0.2, 0) is 29.0 Å². The summed E-state index contributed by atoms with van der Waals surface area (Å²) in [5.74, 6) is -0.218. The summed E-state index contributed by atoms with van der Waals surface area (Å²) in [7, 11) is 1.71. The number of pyridine rings is 1. The molecule has 47 heavy (non-hydrogen) atoms. The Kier molecular flexibility index (Phi) is 11.3. The van der Waals surface area contributed by atoms with Crippen molar-refractivity contribution in [3.63, 3.8) is 0 Å². The topological polar surface area (TPSA) is 81.0 Å². The summed E-state index contributed by atoms with van der Waals surface area (Å²) >= 11 is 1.63. The zero-order chi connectivity index (χ0) is 34.6. The van der Waals surface area contributed by atoms with E-state index in [0.29, 0.717) is 31.1 Å². The summed E-state index contributed by atoms with van der Waals surface area (Å²) < 4.78 is 14.4. The van der Waals surface area contributed by atoms with Gasteiger partial charge in [0.15, 0.2) is 5.88 Å². The number of methoxy groups -OCH3 is 1. The highest BCUT2D eigenvalue weighted by Gasteiger charge is 2.31. The fourth-order valence-electron chi connectivity index (χ4n) is 6.06. The fraction of sp³-hybridized carbons (Fsp3) is 0.385. The number of carbonyl (C=O) groups is 1. The van der Waals surface area contributed by atoms with Gasteiger partial charge >= 0.3 is 5.97 Å². The lowest BCUT2D eigenvalue weighted by atomic mass is 9.80. The predicted octanol–water partition coefficient (Wildman–Crippen LogP) is 8.85. The first-order valence-corrected chi connectivity index (χ1v) is 17.3. The summed E-state index contributed by atoms with van der Waals surface area (Å²) in [5, 5.41) is 9.85. The molecule has 8 heteroatoms. The van der Waals surface area contributed by atoms with Gasteiger partial charge < -0.3 is 18.9 Å². The molecule has 3 aromatic carbocycles. The van der Waals surface area contributed by atoms with Gasteiger partial charge in [-0.3, -0.25) is 14.2 Å². The molecule has 250 valence electrons. The van der Waals surface area contributed by atoms with Gasteiger partial charge in [-0.1, -0.05) is 67.8 Å². The Labute approximate surface area is 283 Å². The Morgan fingerprint density at radius 1 is 0.936 bits per heavy atom. The maximum Gasteiger partial charge on any atom is 0.307 e. The molecule has 1 aromatic heterocycles. The number of benzene rings is 3. The molecule has 0 bridgehead atoms. The lowest BCUT2D eigenvalue weighted by Gasteiger charge is -2.36. The second-order valence-corrected chi connectivity index (χ2v) is 13.4. The number of hydrogen-bond acceptors (Lipinski definition) is 6. The molecule has 0 fully saturated rings. The number of hydrogen-bond donors (Lipinski definition) is 1. The summed E-state index contributed by atoms with van der Waals surface area (Å²) in [6.45, 7) is 18.0. The van der Waals surface area contributed by atoms with Gasteiger partial charge in [-0.05, 0) is 104 Å². The number of rotatable bonds is 5. The highest BCUT2D eigenvalue weighted by Crippen LogP contribution is 2.50. The van der Waals surface area contributed by atoms with E-state index in [4.69, 9.17) is 9.47 Å². The number of aromatic nitrogens is 1. The van der Waals surface area contributed by atoms with Crippen LogP contribution in [0.25, 0.3) is 33.4 Å². The van der Waals surface area contributed by atoms with Crippen molar-refractivity contribution in [3.8, 4) is 39.3 Å². The van der Waals surface area contributed by atoms with Crippen LogP contribution < -0.4 is 14.6 Å². The second kappa shape index (κ2) is 14.8. The monoisotopic (exact) mass is 656 g/mol. The molecule has 1 N–H and O–H groups in total. The summed E-state index contributed by atoms with van der Waals surface area (Å²) in [5.41, 5.74) is 12.1. The molecular formula is C39H48N2O5S. The molecule has 0 saturated carbocycles. The van der Waals surface area contributed by atoms with E-state index < -0.39 is 5.97 Å². The van der Waals surface area contributed by atoms with Crippen molar-refractivity contribution in [1.82, 2.24) is 4.57 Å². The van der Waals surface area contributed by atoms with Crippen LogP contribution in [0.5, 0.6) is 5.88 Å². The zero-order valence-corrected chi connectivity index (χ0v) is 30.2. The van der Waals surface area contributed by atoms with E-state index >= 15 is 0 Å². The van der Waals surface area contributed by atoms with Crippen molar-refractivity contribution in [2.45, 2.75) is 80.5 Å². The molecule has 0 radical (unpaired) electrons. The van der Waals surface area contributed by atoms with Gasteiger partial charge in [0, 0.05) is 24.5 Å². The van der Waals surface area contributed by atoms with E-state index in [1.54, 1.807) is 23.6 Å². The number of ether oxygens (including phenoxy) is 2. The fourth-order valence-corrected chi connectivity index (χ4v) is 6.74. The SMILES string of the molecule is CC.COC(C)(C)C.CSN1Cc2cc(-c3ccc4n(c3=O)CCO4)ccc2-c2c(C)c(-c3ccc(C)cc3)c(CC(=O)O)c(C)c21. The van der Waals surface area contributed by atoms with E-state index in [1.807, 2.05) is 66.0 Å². The first-order valence-electron chi connectivity index (χ1n) is 16.2. The van der Waals surface area contributed by atoms with Gasteiger partial charge in [0.05, 0.1) is 30.8 Å². The maximum atomic E-state index is 13.2. The van der Waals surface area contributed by atoms with Gasteiger partial charge in [0.2, 0.25) is 0 Å². The molecule has 0 spiro atoms. The number of anilines is 1. The van der Waals surface area contributed by atoms with E-state index in [0.717, 1.165) is 61.3 Å². The highest BCUT2D eigenvalue weighted by atomic mass is 32.2. The molecule has 0 saturated heterocycles. The summed E-state index contributed by atoms with van der Waals surface area (Å²) in [6, 6.07) is 18.3. The number of nitrogens with zero attached hydrogens (tertiary/aromatic N) is 2. The largest absolute Gasteiger partial charge is 0.481 e. The van der Waals surface area contributed by atoms with Crippen LogP contribution in [-0.4, -0.2) is 41.2 Å². The van der Waals surface area contributed by atoms with Crippen LogP contribution in [0.4, 0.5) is 5.69 Å². The number of fused-ring (bicyclic) bond motifs is 4. The Morgan fingerprint density at radius 3 is 2.15 bits per heavy atom. The van der Waals surface area contributed by atoms with Crippen LogP contribution in [0.3, 0.4) is 0 Å². The van der Waals surface area contributed by atoms with Crippen molar-refractivity contribution < 1.29 is 19.4 Å². The Bertz CT molecular complexity index is 1820. The molecule has 2 aliphatic heterocycles. The average Bonchev–Trinajstić information content (AvgIpc) is 3.54. The molecule has 6 rings (SSSR count). The standard InChI is InChI=1S/C32H30N2O4S.C5H12O.C2H6/c1-18-5-7-21(8-6-18)29-20(3)30-24-10-9-22(25-11-12-27-33(32(25)37)13-14-38-27)15-23(24)17-34(39-4)31(30)19(2)26(29)16-28(35)36;1-5(2,3)6-4;1-2/h5-12,15H,13-14,16-17H2,1-4H3,(H,35,36);1-4H3;1-2H3. The Balaban J connectivity index is 0.000000564. The highest BCUT2D eigenvalue weighted by molar-refractivity contribution is 7.99. The van der Waals surface area contributed by atoms with E-state index in [-0.39, 0.29) is 17.6 Å². The Morgan fingerprint density at radius 2 is 1.55 bits per heavy atom. The van der Waals surface area contributed by atoms with Crippen molar-refractivity contribution in [3.05, 3.63) is 92.8 Å². The molecule has 0 unspecified atom stereocenters. The first-order chi connectivity index (χ1) is 22.3. The van der Waals surface area contributed by atoms with E-state index in [1.165, 1.54) is 0 Å². The third kappa shape index (κ3) is 7.44. The van der Waals surface area contributed by atoms with Crippen molar-refractivity contribution in [1.29, 1.82) is 0 Å². The van der Waals surface area contributed by atoms with Crippen molar-refractivity contribution >= 4 is 23.6 Å². The van der Waals surface area contributed by atoms with Gasteiger partial charge in [-0.2, -0.15) is 0 Å². The van der Waals surface area contributed by atoms with Crippen molar-refractivity contribution in [2.75, 3.05) is 24.3 Å². The molecule has 0 atom stereocenters. The van der Waals surface area contributed by atoms with Crippen LogP contribution in [0.2, 0.25) is 0 Å². The molecule has 0 amide bonds. The third-order valence-corrected chi connectivity index (χ3v) is 9.30. The number of carboxylic acid groups (broad SMARTS) is 1. The van der Waals surface area contributed by atoms with Gasteiger partial charge in [0.1, 0.15) is 6.61 Å². The minimum Gasteiger partial charge on any atom is -0.481 e. The zero-order valence-electron chi connectivity index (χ0n) is 29.4. The van der Waals surface area contributed by atoms with Crippen LogP contribution in [0.1, 0.15) is 62.4 Å². The van der Waals surface area contributed by atoms with Crippen LogP contribution in [0.15, 0.2) is 59.4 Å². The number of carboxylic acids is 1. The second-order valence-electron chi connectivity index (χ2n) is 12.6. The maximum absolute atomic E-state index is 13.2. The van der Waals surface area contributed by atoms with E-state index in [9.17, 15) is 14.7 Å². The molecular weight excluding hydrogens is 609 g/mol. The lowest BCUT2D eigenvalue weighted by Crippen LogP contribution is -2.23. The summed E-state index contributed by atoms with van der Waals surface area (Å²) in [4.78, 5) is 25.2. The van der Waals surface area contributed by atoms with Gasteiger partial charge in [0.25, 0.3) is 5.56 Å².